The monoisotopic (exact) mass is 472 g/mol. The van der Waals surface area contributed by atoms with Crippen molar-refractivity contribution in [2.75, 3.05) is 13.1 Å². The number of nitrogens with zero attached hydrogens (tertiary/aromatic N) is 2. The molecule has 33 heavy (non-hydrogen) atoms. The summed E-state index contributed by atoms with van der Waals surface area (Å²) in [5, 5.41) is 17.2. The second-order valence-electron chi connectivity index (χ2n) is 9.52. The molecule has 0 radical (unpaired) electrons. The van der Waals surface area contributed by atoms with Gasteiger partial charge in [0.25, 0.3) is 0 Å². The largest absolute Gasteiger partial charge is 0.488 e. The van der Waals surface area contributed by atoms with Gasteiger partial charge in [-0.05, 0) is 76.0 Å². The molecule has 1 N–H and O–H groups in total. The third kappa shape index (κ3) is 5.86. The first-order valence-corrected chi connectivity index (χ1v) is 12.4. The van der Waals surface area contributed by atoms with Crippen molar-refractivity contribution < 1.29 is 23.9 Å². The molecular weight excluding hydrogens is 440 g/mol. The summed E-state index contributed by atoms with van der Waals surface area (Å²) in [6.07, 6.45) is 3.46. The van der Waals surface area contributed by atoms with Crippen LogP contribution in [0.15, 0.2) is 34.2 Å². The Balaban J connectivity index is 1.34. The number of fused-ring (bicyclic) bond motifs is 1. The maximum absolute atomic E-state index is 12.3. The Morgan fingerprint density at radius 3 is 2.73 bits per heavy atom. The van der Waals surface area contributed by atoms with Crippen LogP contribution in [0.25, 0.3) is 11.0 Å². The fourth-order valence-corrected chi connectivity index (χ4v) is 4.79. The number of carbonyl (C=O) groups excluding carboxylic acids is 1. The smallest absolute Gasteiger partial charge is 0.410 e. The number of piperidine rings is 1. The van der Waals surface area contributed by atoms with E-state index in [-0.39, 0.29) is 12.7 Å². The fraction of sp³-hybridized carbons (Fsp3) is 0.520. The van der Waals surface area contributed by atoms with E-state index in [0.29, 0.717) is 29.4 Å². The van der Waals surface area contributed by atoms with Gasteiger partial charge in [0.1, 0.15) is 18.0 Å². The van der Waals surface area contributed by atoms with Gasteiger partial charge in [-0.3, -0.25) is 0 Å². The maximum atomic E-state index is 12.3. The lowest BCUT2D eigenvalue weighted by Gasteiger charge is -2.33. The molecule has 0 atom stereocenters. The van der Waals surface area contributed by atoms with Crippen molar-refractivity contribution in [2.45, 2.75) is 65.3 Å². The highest BCUT2D eigenvalue weighted by molar-refractivity contribution is 7.09. The zero-order valence-corrected chi connectivity index (χ0v) is 20.3. The van der Waals surface area contributed by atoms with Gasteiger partial charge in [-0.15, -0.1) is 11.3 Å². The van der Waals surface area contributed by atoms with Gasteiger partial charge in [0.05, 0.1) is 17.9 Å². The van der Waals surface area contributed by atoms with Crippen LogP contribution in [-0.4, -0.2) is 39.9 Å². The highest BCUT2D eigenvalue weighted by atomic mass is 32.1. The third-order valence-corrected chi connectivity index (χ3v) is 6.79. The van der Waals surface area contributed by atoms with Gasteiger partial charge in [0.2, 0.25) is 0 Å². The van der Waals surface area contributed by atoms with E-state index in [0.717, 1.165) is 54.7 Å². The molecule has 1 saturated heterocycles. The molecule has 178 valence electrons. The van der Waals surface area contributed by atoms with Crippen LogP contribution in [0.1, 0.15) is 56.2 Å². The SMILES string of the molecule is CC(C)(C)OC(=O)N1CCC(CCc2noc3c(CO)c(OCc4cccs4)ccc23)CC1. The lowest BCUT2D eigenvalue weighted by Crippen LogP contribution is -2.41. The van der Waals surface area contributed by atoms with Crippen LogP contribution in [-0.2, 0) is 24.4 Å². The standard InChI is InChI=1S/C25H32N2O5S/c1-25(2,3)31-24(29)27-12-10-17(11-13-27)6-8-21-19-7-9-22(20(15-28)23(19)32-26-21)30-16-18-5-4-14-33-18/h4-5,7,9,14,17,28H,6,8,10-13,15-16H2,1-3H3. The highest BCUT2D eigenvalue weighted by Crippen LogP contribution is 2.32. The first-order chi connectivity index (χ1) is 15.8. The van der Waals surface area contributed by atoms with E-state index in [1.807, 2.05) is 50.4 Å². The minimum atomic E-state index is -0.468. The van der Waals surface area contributed by atoms with E-state index in [2.05, 4.69) is 5.16 Å². The number of benzene rings is 1. The quantitative estimate of drug-likeness (QED) is 0.486. The first kappa shape index (κ1) is 23.6. The van der Waals surface area contributed by atoms with Crippen LogP contribution in [0.3, 0.4) is 0 Å². The second-order valence-corrected chi connectivity index (χ2v) is 10.6. The van der Waals surface area contributed by atoms with Crippen molar-refractivity contribution in [1.29, 1.82) is 0 Å². The number of aromatic nitrogens is 1. The Morgan fingerprint density at radius 1 is 1.27 bits per heavy atom. The minimum Gasteiger partial charge on any atom is -0.488 e. The first-order valence-electron chi connectivity index (χ1n) is 11.5. The molecule has 1 aliphatic heterocycles. The number of hydrogen-bond acceptors (Lipinski definition) is 7. The maximum Gasteiger partial charge on any atom is 0.410 e. The number of carbonyl (C=O) groups is 1. The number of ether oxygens (including phenoxy) is 2. The predicted molar refractivity (Wildman–Crippen MR) is 127 cm³/mol. The Bertz CT molecular complexity index is 1060. The van der Waals surface area contributed by atoms with Gasteiger partial charge in [-0.2, -0.15) is 0 Å². The van der Waals surface area contributed by atoms with Crippen molar-refractivity contribution in [1.82, 2.24) is 10.1 Å². The van der Waals surface area contributed by atoms with Crippen LogP contribution in [0.5, 0.6) is 5.75 Å². The van der Waals surface area contributed by atoms with Crippen molar-refractivity contribution >= 4 is 28.4 Å². The van der Waals surface area contributed by atoms with Crippen LogP contribution in [0.4, 0.5) is 4.79 Å². The molecule has 1 fully saturated rings. The normalized spacial score (nSPS) is 15.2. The Morgan fingerprint density at radius 2 is 2.06 bits per heavy atom. The molecular formula is C25H32N2O5S. The third-order valence-electron chi connectivity index (χ3n) is 5.94. The van der Waals surface area contributed by atoms with E-state index in [4.69, 9.17) is 14.0 Å². The Hall–Kier alpha value is -2.58. The van der Waals surface area contributed by atoms with E-state index in [1.54, 1.807) is 16.2 Å². The van der Waals surface area contributed by atoms with Gasteiger partial charge in [-0.1, -0.05) is 11.2 Å². The van der Waals surface area contributed by atoms with Gasteiger partial charge in [-0.25, -0.2) is 4.79 Å². The number of hydrogen-bond donors (Lipinski definition) is 1. The molecule has 3 heterocycles. The summed E-state index contributed by atoms with van der Waals surface area (Å²) in [5.74, 6) is 1.15. The van der Waals surface area contributed by atoms with Crippen molar-refractivity contribution in [3.63, 3.8) is 0 Å². The van der Waals surface area contributed by atoms with Crippen molar-refractivity contribution in [3.8, 4) is 5.75 Å². The minimum absolute atomic E-state index is 0.172. The summed E-state index contributed by atoms with van der Waals surface area (Å²) in [6, 6.07) is 7.87. The summed E-state index contributed by atoms with van der Waals surface area (Å²) >= 11 is 1.64. The number of aryl methyl sites for hydroxylation is 1. The lowest BCUT2D eigenvalue weighted by atomic mass is 9.91. The number of aliphatic hydroxyl groups is 1. The number of amides is 1. The molecule has 0 spiro atoms. The van der Waals surface area contributed by atoms with Gasteiger partial charge in [0, 0.05) is 23.4 Å². The highest BCUT2D eigenvalue weighted by Gasteiger charge is 2.27. The Kier molecular flexibility index (Phi) is 7.24. The topological polar surface area (TPSA) is 85.0 Å². The van der Waals surface area contributed by atoms with Crippen molar-refractivity contribution in [2.24, 2.45) is 5.92 Å². The zero-order valence-electron chi connectivity index (χ0n) is 19.5. The Labute approximate surface area is 198 Å². The predicted octanol–water partition coefficient (Wildman–Crippen LogP) is 5.54. The zero-order chi connectivity index (χ0) is 23.4. The molecule has 7 nitrogen and oxygen atoms in total. The van der Waals surface area contributed by atoms with Crippen LogP contribution in [0.2, 0.25) is 0 Å². The van der Waals surface area contributed by atoms with Crippen LogP contribution < -0.4 is 4.74 Å². The molecule has 0 bridgehead atoms. The van der Waals surface area contributed by atoms with E-state index >= 15 is 0 Å². The summed E-state index contributed by atoms with van der Waals surface area (Å²) in [7, 11) is 0. The molecule has 1 aliphatic rings. The van der Waals surface area contributed by atoms with Gasteiger partial charge < -0.3 is 24.0 Å². The fourth-order valence-electron chi connectivity index (χ4n) is 4.17. The molecule has 1 amide bonds. The molecule has 3 aromatic rings. The van der Waals surface area contributed by atoms with Crippen LogP contribution >= 0.6 is 11.3 Å². The molecule has 0 saturated carbocycles. The molecule has 4 rings (SSSR count). The summed E-state index contributed by atoms with van der Waals surface area (Å²) < 4.78 is 17.0. The van der Waals surface area contributed by atoms with E-state index in [9.17, 15) is 9.90 Å². The molecule has 0 aliphatic carbocycles. The summed E-state index contributed by atoms with van der Waals surface area (Å²) in [4.78, 5) is 15.2. The molecule has 1 aromatic carbocycles. The van der Waals surface area contributed by atoms with Crippen molar-refractivity contribution in [3.05, 3.63) is 45.8 Å². The lowest BCUT2D eigenvalue weighted by molar-refractivity contribution is 0.0181. The number of aliphatic hydroxyl groups excluding tert-OH is 1. The van der Waals surface area contributed by atoms with Gasteiger partial charge in [0.15, 0.2) is 5.58 Å². The van der Waals surface area contributed by atoms with Gasteiger partial charge >= 0.3 is 6.09 Å². The second kappa shape index (κ2) is 10.1. The number of rotatable bonds is 7. The van der Waals surface area contributed by atoms with E-state index in [1.165, 1.54) is 0 Å². The average molecular weight is 473 g/mol. The summed E-state index contributed by atoms with van der Waals surface area (Å²) in [6.45, 7) is 7.40. The summed E-state index contributed by atoms with van der Waals surface area (Å²) in [5.41, 5.74) is 1.66. The molecule has 8 heteroatoms. The average Bonchev–Trinajstić information content (AvgIpc) is 3.45. The number of likely N-dealkylation sites (tertiary alicyclic amines) is 1. The van der Waals surface area contributed by atoms with E-state index < -0.39 is 5.60 Å². The van der Waals surface area contributed by atoms with Crippen LogP contribution in [0, 0.1) is 5.92 Å². The molecule has 2 aromatic heterocycles. The molecule has 0 unspecified atom stereocenters. The number of thiophene rings is 1.